The molecule has 90 valence electrons. The summed E-state index contributed by atoms with van der Waals surface area (Å²) in [4.78, 5) is 0. The van der Waals surface area contributed by atoms with E-state index in [1.54, 1.807) is 14.2 Å². The molecule has 0 unspecified atom stereocenters. The van der Waals surface area contributed by atoms with E-state index >= 15 is 0 Å². The van der Waals surface area contributed by atoms with Gasteiger partial charge in [-0.1, -0.05) is 24.3 Å². The Labute approximate surface area is 102 Å². The third-order valence-corrected chi connectivity index (χ3v) is 3.35. The zero-order chi connectivity index (χ0) is 12.4. The minimum absolute atomic E-state index is 0.636. The predicted molar refractivity (Wildman–Crippen MR) is 70.7 cm³/mol. The van der Waals surface area contributed by atoms with Gasteiger partial charge in [0.1, 0.15) is 5.75 Å². The van der Waals surface area contributed by atoms with Crippen LogP contribution in [-0.4, -0.2) is 14.2 Å². The van der Waals surface area contributed by atoms with Gasteiger partial charge in [0, 0.05) is 12.5 Å². The Morgan fingerprint density at radius 2 is 1.59 bits per heavy atom. The molecular formula is C15H18O2. The summed E-state index contributed by atoms with van der Waals surface area (Å²) in [5.74, 6) is 0.970. The van der Waals surface area contributed by atoms with Gasteiger partial charge in [0.25, 0.3) is 0 Å². The number of rotatable bonds is 3. The molecule has 0 heterocycles. The topological polar surface area (TPSA) is 18.5 Å². The van der Waals surface area contributed by atoms with Gasteiger partial charge in [-0.15, -0.1) is 0 Å². The molecule has 2 aromatic carbocycles. The lowest BCUT2D eigenvalue weighted by atomic mass is 9.95. The van der Waals surface area contributed by atoms with Gasteiger partial charge in [-0.3, -0.25) is 0 Å². The van der Waals surface area contributed by atoms with Crippen LogP contribution in [0.2, 0.25) is 0 Å². The van der Waals surface area contributed by atoms with Gasteiger partial charge < -0.3 is 9.47 Å². The van der Waals surface area contributed by atoms with Crippen molar-refractivity contribution in [2.45, 2.75) is 20.5 Å². The lowest BCUT2D eigenvalue weighted by Crippen LogP contribution is -2.00. The summed E-state index contributed by atoms with van der Waals surface area (Å²) in [6, 6.07) is 8.31. The predicted octanol–water partition coefficient (Wildman–Crippen LogP) is 3.61. The molecule has 0 aromatic heterocycles. The lowest BCUT2D eigenvalue weighted by molar-refractivity contribution is 0.185. The second-order valence-corrected chi connectivity index (χ2v) is 4.24. The van der Waals surface area contributed by atoms with Gasteiger partial charge in [-0.25, -0.2) is 0 Å². The van der Waals surface area contributed by atoms with Crippen molar-refractivity contribution in [1.82, 2.24) is 0 Å². The van der Waals surface area contributed by atoms with Gasteiger partial charge in [0.2, 0.25) is 0 Å². The second kappa shape index (κ2) is 4.76. The highest BCUT2D eigenvalue weighted by molar-refractivity contribution is 5.93. The second-order valence-electron chi connectivity index (χ2n) is 4.24. The molecule has 2 aromatic rings. The van der Waals surface area contributed by atoms with Crippen LogP contribution in [0, 0.1) is 13.8 Å². The van der Waals surface area contributed by atoms with E-state index in [2.05, 4.69) is 32.0 Å². The summed E-state index contributed by atoms with van der Waals surface area (Å²) in [5, 5.41) is 2.37. The lowest BCUT2D eigenvalue weighted by Gasteiger charge is -2.17. The maximum absolute atomic E-state index is 5.53. The van der Waals surface area contributed by atoms with E-state index in [4.69, 9.17) is 9.47 Å². The van der Waals surface area contributed by atoms with Crippen molar-refractivity contribution in [2.24, 2.45) is 0 Å². The average Bonchev–Trinajstić information content (AvgIpc) is 2.35. The number of ether oxygens (including phenoxy) is 2. The van der Waals surface area contributed by atoms with Crippen molar-refractivity contribution in [3.8, 4) is 5.75 Å². The van der Waals surface area contributed by atoms with Gasteiger partial charge in [-0.05, 0) is 35.9 Å². The fraction of sp³-hybridized carbons (Fsp3) is 0.333. The summed E-state index contributed by atoms with van der Waals surface area (Å²) in [7, 11) is 3.46. The molecule has 0 saturated heterocycles. The van der Waals surface area contributed by atoms with Crippen LogP contribution < -0.4 is 4.74 Å². The first-order valence-electron chi connectivity index (χ1n) is 5.74. The maximum atomic E-state index is 5.53. The van der Waals surface area contributed by atoms with Gasteiger partial charge in [0.05, 0.1) is 13.7 Å². The van der Waals surface area contributed by atoms with E-state index in [-0.39, 0.29) is 0 Å². The first-order valence-corrected chi connectivity index (χ1v) is 5.74. The van der Waals surface area contributed by atoms with Crippen molar-refractivity contribution in [1.29, 1.82) is 0 Å². The minimum atomic E-state index is 0.636. The molecule has 0 aliphatic carbocycles. The van der Waals surface area contributed by atoms with Gasteiger partial charge >= 0.3 is 0 Å². The average molecular weight is 230 g/mol. The Kier molecular flexibility index (Phi) is 3.34. The molecule has 0 fully saturated rings. The highest BCUT2D eigenvalue weighted by Gasteiger charge is 2.13. The van der Waals surface area contributed by atoms with Crippen LogP contribution in [0.5, 0.6) is 5.75 Å². The fourth-order valence-corrected chi connectivity index (χ4v) is 2.34. The molecule has 0 aliphatic heterocycles. The van der Waals surface area contributed by atoms with E-state index in [1.807, 2.05) is 6.07 Å². The molecule has 0 amide bonds. The summed E-state index contributed by atoms with van der Waals surface area (Å²) in [6.07, 6.45) is 0. The Morgan fingerprint density at radius 1 is 0.941 bits per heavy atom. The van der Waals surface area contributed by atoms with Crippen LogP contribution in [0.15, 0.2) is 24.3 Å². The number of benzene rings is 2. The van der Waals surface area contributed by atoms with Crippen LogP contribution >= 0.6 is 0 Å². The Bertz CT molecular complexity index is 544. The third kappa shape index (κ3) is 1.89. The van der Waals surface area contributed by atoms with E-state index in [1.165, 1.54) is 22.1 Å². The molecule has 0 aliphatic rings. The van der Waals surface area contributed by atoms with Crippen LogP contribution in [-0.2, 0) is 11.3 Å². The summed E-state index contributed by atoms with van der Waals surface area (Å²) in [6.45, 7) is 4.86. The Morgan fingerprint density at radius 3 is 2.18 bits per heavy atom. The largest absolute Gasteiger partial charge is 0.496 e. The normalized spacial score (nSPS) is 10.8. The minimum Gasteiger partial charge on any atom is -0.496 e. The Balaban J connectivity index is 2.85. The number of hydrogen-bond acceptors (Lipinski definition) is 2. The fourth-order valence-electron chi connectivity index (χ4n) is 2.34. The molecule has 0 atom stereocenters. The molecule has 2 nitrogen and oxygen atoms in total. The first-order chi connectivity index (χ1) is 8.20. The molecule has 2 rings (SSSR count). The van der Waals surface area contributed by atoms with Crippen molar-refractivity contribution in [2.75, 3.05) is 14.2 Å². The number of hydrogen-bond donors (Lipinski definition) is 0. The maximum Gasteiger partial charge on any atom is 0.129 e. The van der Waals surface area contributed by atoms with Crippen molar-refractivity contribution < 1.29 is 9.47 Å². The molecule has 0 spiro atoms. The van der Waals surface area contributed by atoms with Crippen molar-refractivity contribution in [3.63, 3.8) is 0 Å². The molecule has 0 N–H and O–H groups in total. The zero-order valence-corrected chi connectivity index (χ0v) is 10.8. The summed E-state index contributed by atoms with van der Waals surface area (Å²) < 4.78 is 10.8. The first kappa shape index (κ1) is 11.9. The molecule has 17 heavy (non-hydrogen) atoms. The molecule has 0 saturated carbocycles. The van der Waals surface area contributed by atoms with Gasteiger partial charge in [0.15, 0.2) is 0 Å². The quantitative estimate of drug-likeness (QED) is 0.802. The SMILES string of the molecule is COCc1c(C)c(C)c(OC)c2ccccc12. The molecular weight excluding hydrogens is 212 g/mol. The molecule has 0 radical (unpaired) electrons. The van der Waals surface area contributed by atoms with Crippen molar-refractivity contribution in [3.05, 3.63) is 41.0 Å². The van der Waals surface area contributed by atoms with E-state index < -0.39 is 0 Å². The number of methoxy groups -OCH3 is 2. The van der Waals surface area contributed by atoms with E-state index in [9.17, 15) is 0 Å². The standard InChI is InChI=1S/C15H18O2/c1-10-11(2)15(17-4)13-8-6-5-7-12(13)14(10)9-16-3/h5-8H,9H2,1-4H3. The zero-order valence-electron chi connectivity index (χ0n) is 10.8. The highest BCUT2D eigenvalue weighted by atomic mass is 16.5. The summed E-state index contributed by atoms with van der Waals surface area (Å²) >= 11 is 0. The highest BCUT2D eigenvalue weighted by Crippen LogP contribution is 2.35. The molecule has 2 heteroatoms. The smallest absolute Gasteiger partial charge is 0.129 e. The van der Waals surface area contributed by atoms with E-state index in [0.29, 0.717) is 6.61 Å². The van der Waals surface area contributed by atoms with Crippen LogP contribution in [0.4, 0.5) is 0 Å². The van der Waals surface area contributed by atoms with Crippen LogP contribution in [0.25, 0.3) is 10.8 Å². The Hall–Kier alpha value is -1.54. The molecule has 0 bridgehead atoms. The number of fused-ring (bicyclic) bond motifs is 1. The van der Waals surface area contributed by atoms with Crippen LogP contribution in [0.1, 0.15) is 16.7 Å². The van der Waals surface area contributed by atoms with Gasteiger partial charge in [-0.2, -0.15) is 0 Å². The summed E-state index contributed by atoms with van der Waals surface area (Å²) in [5.41, 5.74) is 3.70. The third-order valence-electron chi connectivity index (χ3n) is 3.35. The van der Waals surface area contributed by atoms with Crippen molar-refractivity contribution >= 4 is 10.8 Å². The van der Waals surface area contributed by atoms with E-state index in [0.717, 1.165) is 11.1 Å². The monoisotopic (exact) mass is 230 g/mol. The van der Waals surface area contributed by atoms with Crippen LogP contribution in [0.3, 0.4) is 0 Å².